The van der Waals surface area contributed by atoms with Crippen LogP contribution in [-0.4, -0.2) is 48.8 Å². The highest BCUT2D eigenvalue weighted by Gasteiger charge is 2.27. The van der Waals surface area contributed by atoms with E-state index in [4.69, 9.17) is 0 Å². The third-order valence-electron chi connectivity index (χ3n) is 3.68. The van der Waals surface area contributed by atoms with E-state index in [9.17, 15) is 5.11 Å². The van der Waals surface area contributed by atoms with Crippen LogP contribution in [0.15, 0.2) is 0 Å². The molecule has 0 aromatic rings. The summed E-state index contributed by atoms with van der Waals surface area (Å²) in [5.74, 6) is 0.672. The molecular weight excluding hydrogens is 200 g/mol. The number of aliphatic hydroxyl groups excluding tert-OH is 1. The average molecular weight is 228 g/mol. The number of rotatable bonds is 3. The minimum atomic E-state index is -0.264. The lowest BCUT2D eigenvalue weighted by Gasteiger charge is -2.37. The minimum absolute atomic E-state index is 0.0261. The molecule has 0 bridgehead atoms. The van der Waals surface area contributed by atoms with E-state index in [1.165, 1.54) is 6.42 Å². The van der Waals surface area contributed by atoms with Gasteiger partial charge in [-0.15, -0.1) is 0 Å². The maximum absolute atomic E-state index is 9.98. The Labute approximate surface area is 100 Å². The Hall–Kier alpha value is -0.120. The molecule has 0 aromatic carbocycles. The van der Waals surface area contributed by atoms with E-state index in [1.807, 2.05) is 0 Å². The number of aliphatic hydroxyl groups is 1. The molecule has 0 radical (unpaired) electrons. The van der Waals surface area contributed by atoms with E-state index in [-0.39, 0.29) is 11.5 Å². The molecular formula is C13H28N2O. The Morgan fingerprint density at radius 3 is 2.56 bits per heavy atom. The molecule has 1 aliphatic heterocycles. The molecule has 3 unspecified atom stereocenters. The van der Waals surface area contributed by atoms with Crippen molar-refractivity contribution in [1.82, 2.24) is 10.2 Å². The summed E-state index contributed by atoms with van der Waals surface area (Å²) in [7, 11) is 2.18. The second-order valence-corrected chi connectivity index (χ2v) is 6.42. The van der Waals surface area contributed by atoms with Gasteiger partial charge in [0.25, 0.3) is 0 Å². The summed E-state index contributed by atoms with van der Waals surface area (Å²) in [6.07, 6.45) is 0.925. The molecule has 0 aliphatic carbocycles. The molecule has 16 heavy (non-hydrogen) atoms. The van der Waals surface area contributed by atoms with Crippen molar-refractivity contribution in [2.45, 2.75) is 46.3 Å². The second kappa shape index (κ2) is 5.48. The Morgan fingerprint density at radius 1 is 1.44 bits per heavy atom. The van der Waals surface area contributed by atoms with Gasteiger partial charge >= 0.3 is 0 Å². The van der Waals surface area contributed by atoms with Crippen molar-refractivity contribution in [2.24, 2.45) is 11.3 Å². The van der Waals surface area contributed by atoms with Gasteiger partial charge in [-0.3, -0.25) is 0 Å². The van der Waals surface area contributed by atoms with Crippen molar-refractivity contribution in [3.05, 3.63) is 0 Å². The van der Waals surface area contributed by atoms with Crippen molar-refractivity contribution in [3.8, 4) is 0 Å². The first-order valence-corrected chi connectivity index (χ1v) is 6.40. The minimum Gasteiger partial charge on any atom is -0.391 e. The molecule has 3 atom stereocenters. The topological polar surface area (TPSA) is 35.5 Å². The summed E-state index contributed by atoms with van der Waals surface area (Å²) < 4.78 is 0. The number of hydrogen-bond donors (Lipinski definition) is 2. The van der Waals surface area contributed by atoms with Gasteiger partial charge in [0.2, 0.25) is 0 Å². The molecule has 1 rings (SSSR count). The Kier molecular flexibility index (Phi) is 4.77. The summed E-state index contributed by atoms with van der Waals surface area (Å²) in [5.41, 5.74) is -0.0261. The van der Waals surface area contributed by atoms with Crippen molar-refractivity contribution < 1.29 is 5.11 Å². The molecule has 1 saturated heterocycles. The molecule has 0 spiro atoms. The van der Waals surface area contributed by atoms with Gasteiger partial charge in [-0.2, -0.15) is 0 Å². The Balaban J connectivity index is 2.33. The second-order valence-electron chi connectivity index (χ2n) is 6.42. The molecule has 3 heteroatoms. The standard InChI is InChI=1S/C13H28N2O/c1-10-9-15(5)7-6-11(10)14-8-12(16)13(2,3)4/h10-12,14,16H,6-9H2,1-5H3. The Morgan fingerprint density at radius 2 is 2.06 bits per heavy atom. The van der Waals surface area contributed by atoms with Gasteiger partial charge in [0.1, 0.15) is 0 Å². The van der Waals surface area contributed by atoms with Gasteiger partial charge in [0.05, 0.1) is 6.10 Å². The fraction of sp³-hybridized carbons (Fsp3) is 1.00. The summed E-state index contributed by atoms with van der Waals surface area (Å²) in [6, 6.07) is 0.563. The zero-order valence-corrected chi connectivity index (χ0v) is 11.5. The third kappa shape index (κ3) is 4.04. The van der Waals surface area contributed by atoms with Crippen molar-refractivity contribution >= 4 is 0 Å². The van der Waals surface area contributed by atoms with Crippen LogP contribution in [0.2, 0.25) is 0 Å². The van der Waals surface area contributed by atoms with E-state index in [2.05, 4.69) is 45.0 Å². The van der Waals surface area contributed by atoms with Gasteiger partial charge in [-0.25, -0.2) is 0 Å². The molecule has 2 N–H and O–H groups in total. The van der Waals surface area contributed by atoms with E-state index in [0.717, 1.165) is 13.1 Å². The number of hydrogen-bond acceptors (Lipinski definition) is 3. The molecule has 0 amide bonds. The van der Waals surface area contributed by atoms with E-state index >= 15 is 0 Å². The molecule has 0 aromatic heterocycles. The van der Waals surface area contributed by atoms with Gasteiger partial charge in [0, 0.05) is 19.1 Å². The monoisotopic (exact) mass is 228 g/mol. The third-order valence-corrected chi connectivity index (χ3v) is 3.68. The first-order chi connectivity index (χ1) is 7.30. The van der Waals surface area contributed by atoms with Crippen molar-refractivity contribution in [1.29, 1.82) is 0 Å². The van der Waals surface area contributed by atoms with Gasteiger partial charge in [-0.1, -0.05) is 27.7 Å². The molecule has 1 fully saturated rings. The molecule has 0 saturated carbocycles. The maximum atomic E-state index is 9.98. The summed E-state index contributed by atoms with van der Waals surface area (Å²) in [6.45, 7) is 11.6. The highest BCUT2D eigenvalue weighted by atomic mass is 16.3. The Bertz CT molecular complexity index is 212. The van der Waals surface area contributed by atoms with Crippen molar-refractivity contribution in [2.75, 3.05) is 26.7 Å². The van der Waals surface area contributed by atoms with Gasteiger partial charge in [0.15, 0.2) is 0 Å². The molecule has 96 valence electrons. The van der Waals surface area contributed by atoms with Crippen LogP contribution in [0.3, 0.4) is 0 Å². The molecule has 1 aliphatic rings. The normalized spacial score (nSPS) is 30.4. The van der Waals surface area contributed by atoms with Crippen LogP contribution in [0.5, 0.6) is 0 Å². The van der Waals surface area contributed by atoms with Gasteiger partial charge in [-0.05, 0) is 31.3 Å². The predicted octanol–water partition coefficient (Wildman–Crippen LogP) is 1.32. The summed E-state index contributed by atoms with van der Waals surface area (Å²) in [5, 5.41) is 13.5. The average Bonchev–Trinajstić information content (AvgIpc) is 2.14. The van der Waals surface area contributed by atoms with Crippen LogP contribution in [0.4, 0.5) is 0 Å². The van der Waals surface area contributed by atoms with E-state index in [0.29, 0.717) is 18.5 Å². The number of piperidine rings is 1. The fourth-order valence-electron chi connectivity index (χ4n) is 2.23. The van der Waals surface area contributed by atoms with Crippen LogP contribution in [0.25, 0.3) is 0 Å². The lowest BCUT2D eigenvalue weighted by molar-refractivity contribution is 0.0540. The SMILES string of the molecule is CC1CN(C)CCC1NCC(O)C(C)(C)C. The molecule has 1 heterocycles. The summed E-state index contributed by atoms with van der Waals surface area (Å²) in [4.78, 5) is 2.38. The van der Waals surface area contributed by atoms with Gasteiger partial charge < -0.3 is 15.3 Å². The van der Waals surface area contributed by atoms with Crippen molar-refractivity contribution in [3.63, 3.8) is 0 Å². The first-order valence-electron chi connectivity index (χ1n) is 6.40. The largest absolute Gasteiger partial charge is 0.391 e. The lowest BCUT2D eigenvalue weighted by Crippen LogP contribution is -2.50. The van der Waals surface area contributed by atoms with E-state index < -0.39 is 0 Å². The fourth-order valence-corrected chi connectivity index (χ4v) is 2.23. The summed E-state index contributed by atoms with van der Waals surface area (Å²) >= 11 is 0. The predicted molar refractivity (Wildman–Crippen MR) is 68.5 cm³/mol. The zero-order chi connectivity index (χ0) is 12.3. The van der Waals surface area contributed by atoms with Crippen LogP contribution in [-0.2, 0) is 0 Å². The number of nitrogens with zero attached hydrogens (tertiary/aromatic N) is 1. The number of nitrogens with one attached hydrogen (secondary N) is 1. The highest BCUT2D eigenvalue weighted by molar-refractivity contribution is 4.84. The quantitative estimate of drug-likeness (QED) is 0.765. The van der Waals surface area contributed by atoms with Crippen LogP contribution >= 0.6 is 0 Å². The maximum Gasteiger partial charge on any atom is 0.0712 e. The van der Waals surface area contributed by atoms with E-state index in [1.54, 1.807) is 0 Å². The number of likely N-dealkylation sites (tertiary alicyclic amines) is 1. The highest BCUT2D eigenvalue weighted by Crippen LogP contribution is 2.20. The smallest absolute Gasteiger partial charge is 0.0712 e. The first kappa shape index (κ1) is 13.9. The lowest BCUT2D eigenvalue weighted by atomic mass is 9.88. The van der Waals surface area contributed by atoms with Crippen LogP contribution in [0, 0.1) is 11.3 Å². The zero-order valence-electron chi connectivity index (χ0n) is 11.5. The van der Waals surface area contributed by atoms with Crippen LogP contribution in [0.1, 0.15) is 34.1 Å². The van der Waals surface area contributed by atoms with Crippen LogP contribution < -0.4 is 5.32 Å². The molecule has 3 nitrogen and oxygen atoms in total.